The van der Waals surface area contributed by atoms with Crippen molar-refractivity contribution in [2.45, 2.75) is 44.9 Å². The van der Waals surface area contributed by atoms with Crippen LogP contribution in [-0.2, 0) is 4.79 Å². The van der Waals surface area contributed by atoms with E-state index in [2.05, 4.69) is 0 Å². The Bertz CT molecular complexity index is 162. The van der Waals surface area contributed by atoms with Crippen molar-refractivity contribution in [3.8, 4) is 0 Å². The summed E-state index contributed by atoms with van der Waals surface area (Å²) in [4.78, 5) is 11.4. The first-order valence-corrected chi connectivity index (χ1v) is 4.89. The lowest BCUT2D eigenvalue weighted by Crippen LogP contribution is -2.12. The van der Waals surface area contributed by atoms with Gasteiger partial charge >= 0.3 is 0 Å². The highest BCUT2D eigenvalue weighted by Gasteiger charge is 2.27. The summed E-state index contributed by atoms with van der Waals surface area (Å²) < 4.78 is 0. The number of Topliss-reactive ketones (excluding diaryl/α,β-unsaturated/α-hetero) is 1. The van der Waals surface area contributed by atoms with E-state index in [1.165, 1.54) is 38.5 Å². The molecule has 0 radical (unpaired) electrons. The quantitative estimate of drug-likeness (QED) is 0.521. The molecule has 0 heterocycles. The summed E-state index contributed by atoms with van der Waals surface area (Å²) in [6.45, 7) is 0. The smallest absolute Gasteiger partial charge is 0.135 e. The standard InChI is InChI=1S/C10H16O/c11-10-7-5-8-2-1-3-9(10)6-4-8/h8-9H,1-7H2. The number of carbonyl (C=O) groups is 1. The Kier molecular flexibility index (Phi) is 1.97. The average Bonchev–Trinajstić information content (AvgIpc) is 2.29. The maximum Gasteiger partial charge on any atom is 0.135 e. The fourth-order valence-corrected chi connectivity index (χ4v) is 2.54. The predicted molar refractivity (Wildman–Crippen MR) is 44.3 cm³/mol. The topological polar surface area (TPSA) is 17.1 Å². The lowest BCUT2D eigenvalue weighted by Gasteiger charge is -2.13. The maximum atomic E-state index is 11.4. The summed E-state index contributed by atoms with van der Waals surface area (Å²) in [5.41, 5.74) is 0. The molecular weight excluding hydrogens is 136 g/mol. The first-order chi connectivity index (χ1) is 5.36. The van der Waals surface area contributed by atoms with E-state index < -0.39 is 0 Å². The summed E-state index contributed by atoms with van der Waals surface area (Å²) in [6, 6.07) is 0. The maximum absolute atomic E-state index is 11.4. The summed E-state index contributed by atoms with van der Waals surface area (Å²) >= 11 is 0. The summed E-state index contributed by atoms with van der Waals surface area (Å²) in [6.07, 6.45) is 8.49. The Morgan fingerprint density at radius 2 is 1.91 bits per heavy atom. The fraction of sp³-hybridized carbons (Fsp3) is 0.900. The van der Waals surface area contributed by atoms with Crippen molar-refractivity contribution >= 4 is 5.78 Å². The molecule has 2 atom stereocenters. The van der Waals surface area contributed by atoms with Crippen molar-refractivity contribution in [3.63, 3.8) is 0 Å². The van der Waals surface area contributed by atoms with E-state index in [0.29, 0.717) is 11.7 Å². The largest absolute Gasteiger partial charge is 0.299 e. The zero-order chi connectivity index (χ0) is 7.68. The highest BCUT2D eigenvalue weighted by molar-refractivity contribution is 5.81. The number of fused-ring (bicyclic) bond motifs is 3. The van der Waals surface area contributed by atoms with Crippen LogP contribution in [0.1, 0.15) is 44.9 Å². The van der Waals surface area contributed by atoms with Crippen LogP contribution in [0.5, 0.6) is 0 Å². The monoisotopic (exact) mass is 152 g/mol. The van der Waals surface area contributed by atoms with Gasteiger partial charge in [0.05, 0.1) is 0 Å². The highest BCUT2D eigenvalue weighted by atomic mass is 16.1. The lowest BCUT2D eigenvalue weighted by atomic mass is 9.91. The molecule has 2 fully saturated rings. The van der Waals surface area contributed by atoms with E-state index in [4.69, 9.17) is 0 Å². The molecule has 0 amide bonds. The molecule has 2 rings (SSSR count). The van der Waals surface area contributed by atoms with Gasteiger partial charge < -0.3 is 0 Å². The van der Waals surface area contributed by atoms with Gasteiger partial charge in [0.1, 0.15) is 5.78 Å². The van der Waals surface area contributed by atoms with E-state index >= 15 is 0 Å². The van der Waals surface area contributed by atoms with Crippen molar-refractivity contribution in [2.24, 2.45) is 11.8 Å². The molecule has 2 unspecified atom stereocenters. The third-order valence-corrected chi connectivity index (χ3v) is 3.34. The number of ketones is 1. The Morgan fingerprint density at radius 3 is 2.82 bits per heavy atom. The SMILES string of the molecule is O=C1CCC2CCCC1CC2. The second kappa shape index (κ2) is 2.96. The second-order valence-electron chi connectivity index (χ2n) is 4.08. The number of hydrogen-bond acceptors (Lipinski definition) is 1. The minimum Gasteiger partial charge on any atom is -0.299 e. The normalized spacial score (nSPS) is 38.4. The summed E-state index contributed by atoms with van der Waals surface area (Å²) in [5.74, 6) is 1.92. The van der Waals surface area contributed by atoms with Crippen molar-refractivity contribution in [3.05, 3.63) is 0 Å². The van der Waals surface area contributed by atoms with Crippen LogP contribution >= 0.6 is 0 Å². The zero-order valence-electron chi connectivity index (χ0n) is 7.01. The first kappa shape index (κ1) is 7.33. The van der Waals surface area contributed by atoms with Gasteiger partial charge in [0.15, 0.2) is 0 Å². The van der Waals surface area contributed by atoms with Crippen LogP contribution in [0.3, 0.4) is 0 Å². The van der Waals surface area contributed by atoms with Crippen LogP contribution in [0.2, 0.25) is 0 Å². The van der Waals surface area contributed by atoms with Gasteiger partial charge in [-0.15, -0.1) is 0 Å². The van der Waals surface area contributed by atoms with E-state index in [9.17, 15) is 4.79 Å². The number of rotatable bonds is 0. The number of carbonyl (C=O) groups excluding carboxylic acids is 1. The summed E-state index contributed by atoms with van der Waals surface area (Å²) in [7, 11) is 0. The van der Waals surface area contributed by atoms with Crippen molar-refractivity contribution in [1.82, 2.24) is 0 Å². The van der Waals surface area contributed by atoms with Crippen molar-refractivity contribution < 1.29 is 4.79 Å². The molecule has 0 saturated heterocycles. The van der Waals surface area contributed by atoms with Gasteiger partial charge in [-0.2, -0.15) is 0 Å². The third kappa shape index (κ3) is 1.47. The molecule has 2 aliphatic rings. The molecule has 1 nitrogen and oxygen atoms in total. The van der Waals surface area contributed by atoms with E-state index in [1.807, 2.05) is 0 Å². The van der Waals surface area contributed by atoms with Crippen LogP contribution in [0.25, 0.3) is 0 Å². The second-order valence-corrected chi connectivity index (χ2v) is 4.08. The van der Waals surface area contributed by atoms with Crippen LogP contribution in [0, 0.1) is 11.8 Å². The Morgan fingerprint density at radius 1 is 1.00 bits per heavy atom. The van der Waals surface area contributed by atoms with E-state index in [0.717, 1.165) is 12.3 Å². The predicted octanol–water partition coefficient (Wildman–Crippen LogP) is 2.55. The van der Waals surface area contributed by atoms with Crippen molar-refractivity contribution in [1.29, 1.82) is 0 Å². The fourth-order valence-electron chi connectivity index (χ4n) is 2.54. The minimum absolute atomic E-state index is 0.461. The van der Waals surface area contributed by atoms with Gasteiger partial charge in [0.2, 0.25) is 0 Å². The molecule has 2 bridgehead atoms. The van der Waals surface area contributed by atoms with Gasteiger partial charge in [0.25, 0.3) is 0 Å². The van der Waals surface area contributed by atoms with Gasteiger partial charge in [-0.1, -0.05) is 12.8 Å². The molecule has 0 aliphatic heterocycles. The Hall–Kier alpha value is -0.330. The molecule has 2 aliphatic carbocycles. The van der Waals surface area contributed by atoms with Crippen LogP contribution < -0.4 is 0 Å². The first-order valence-electron chi connectivity index (χ1n) is 4.89. The lowest BCUT2D eigenvalue weighted by molar-refractivity contribution is -0.123. The van der Waals surface area contributed by atoms with Gasteiger partial charge in [-0.25, -0.2) is 0 Å². The molecule has 11 heavy (non-hydrogen) atoms. The summed E-state index contributed by atoms with van der Waals surface area (Å²) in [5, 5.41) is 0. The molecule has 0 N–H and O–H groups in total. The molecule has 0 aromatic rings. The van der Waals surface area contributed by atoms with Gasteiger partial charge in [-0.3, -0.25) is 4.79 Å². The van der Waals surface area contributed by atoms with Crippen LogP contribution in [0.15, 0.2) is 0 Å². The highest BCUT2D eigenvalue weighted by Crippen LogP contribution is 2.35. The third-order valence-electron chi connectivity index (χ3n) is 3.34. The van der Waals surface area contributed by atoms with E-state index in [-0.39, 0.29) is 0 Å². The Labute approximate surface area is 68.2 Å². The van der Waals surface area contributed by atoms with Crippen LogP contribution in [-0.4, -0.2) is 5.78 Å². The average molecular weight is 152 g/mol. The molecule has 0 aromatic carbocycles. The Balaban J connectivity index is 2.11. The minimum atomic E-state index is 0.461. The molecule has 0 aromatic heterocycles. The molecule has 1 heteroatoms. The number of hydrogen-bond donors (Lipinski definition) is 0. The zero-order valence-corrected chi connectivity index (χ0v) is 7.01. The van der Waals surface area contributed by atoms with Gasteiger partial charge in [0, 0.05) is 12.3 Å². The van der Waals surface area contributed by atoms with Crippen molar-refractivity contribution in [2.75, 3.05) is 0 Å². The molecule has 2 saturated carbocycles. The van der Waals surface area contributed by atoms with E-state index in [1.54, 1.807) is 0 Å². The molecule has 62 valence electrons. The van der Waals surface area contributed by atoms with Gasteiger partial charge in [-0.05, 0) is 31.6 Å². The molecular formula is C10H16O. The molecule has 0 spiro atoms. The van der Waals surface area contributed by atoms with Crippen LogP contribution in [0.4, 0.5) is 0 Å².